The van der Waals surface area contributed by atoms with Gasteiger partial charge in [0.15, 0.2) is 0 Å². The second-order valence-corrected chi connectivity index (χ2v) is 7.38. The second kappa shape index (κ2) is 3.49. The van der Waals surface area contributed by atoms with Gasteiger partial charge in [0, 0.05) is 4.75 Å². The van der Waals surface area contributed by atoms with Crippen LogP contribution in [0.15, 0.2) is 0 Å². The van der Waals surface area contributed by atoms with Crippen molar-refractivity contribution in [3.05, 3.63) is 0 Å². The van der Waals surface area contributed by atoms with Gasteiger partial charge in [-0.05, 0) is 36.5 Å². The molecule has 1 fully saturated rings. The normalized spacial score (nSPS) is 30.9. The molecule has 2 unspecified atom stereocenters. The molecule has 0 saturated heterocycles. The van der Waals surface area contributed by atoms with E-state index in [4.69, 9.17) is 0 Å². The van der Waals surface area contributed by atoms with Crippen LogP contribution in [0.5, 0.6) is 0 Å². The fourth-order valence-electron chi connectivity index (χ4n) is 2.41. The molecule has 0 N–H and O–H groups in total. The summed E-state index contributed by atoms with van der Waals surface area (Å²) in [4.78, 5) is 0. The Morgan fingerprint density at radius 1 is 0.923 bits per heavy atom. The Morgan fingerprint density at radius 3 is 1.62 bits per heavy atom. The third-order valence-corrected chi connectivity index (χ3v) is 4.02. The zero-order valence-corrected chi connectivity index (χ0v) is 10.6. The van der Waals surface area contributed by atoms with Crippen LogP contribution in [0.3, 0.4) is 0 Å². The lowest BCUT2D eigenvalue weighted by Gasteiger charge is -2.30. The van der Waals surface area contributed by atoms with Crippen LogP contribution >= 0.6 is 12.6 Å². The van der Waals surface area contributed by atoms with Crippen LogP contribution in [-0.4, -0.2) is 4.75 Å². The summed E-state index contributed by atoms with van der Waals surface area (Å²) in [6.07, 6.45) is 4.15. The van der Waals surface area contributed by atoms with Gasteiger partial charge in [0.05, 0.1) is 0 Å². The minimum absolute atomic E-state index is 0.222. The van der Waals surface area contributed by atoms with Gasteiger partial charge in [-0.1, -0.05) is 34.6 Å². The van der Waals surface area contributed by atoms with Gasteiger partial charge in [-0.2, -0.15) is 12.6 Å². The molecule has 2 atom stereocenters. The number of hydrogen-bond acceptors (Lipinski definition) is 1. The van der Waals surface area contributed by atoms with Crippen LogP contribution in [-0.2, 0) is 0 Å². The van der Waals surface area contributed by atoms with E-state index in [-0.39, 0.29) is 4.75 Å². The van der Waals surface area contributed by atoms with Gasteiger partial charge < -0.3 is 0 Å². The van der Waals surface area contributed by atoms with Gasteiger partial charge >= 0.3 is 0 Å². The smallest absolute Gasteiger partial charge is 0.0101 e. The lowest BCUT2D eigenvalue weighted by Crippen LogP contribution is -2.24. The van der Waals surface area contributed by atoms with Crippen molar-refractivity contribution in [2.75, 3.05) is 0 Å². The topological polar surface area (TPSA) is 0 Å². The first-order chi connectivity index (χ1) is 5.71. The average Bonchev–Trinajstić information content (AvgIpc) is 2.28. The van der Waals surface area contributed by atoms with Crippen LogP contribution in [0.25, 0.3) is 0 Å². The van der Waals surface area contributed by atoms with Gasteiger partial charge in [-0.25, -0.2) is 0 Å². The molecule has 78 valence electrons. The number of hydrogen-bond donors (Lipinski definition) is 1. The van der Waals surface area contributed by atoms with Gasteiger partial charge in [-0.3, -0.25) is 0 Å². The Hall–Kier alpha value is 0.350. The summed E-state index contributed by atoms with van der Waals surface area (Å²) in [7, 11) is 0. The van der Waals surface area contributed by atoms with Crippen molar-refractivity contribution in [2.24, 2.45) is 17.3 Å². The van der Waals surface area contributed by atoms with E-state index >= 15 is 0 Å². The minimum atomic E-state index is 0.222. The van der Waals surface area contributed by atoms with Crippen LogP contribution in [0.2, 0.25) is 0 Å². The molecule has 1 rings (SSSR count). The first-order valence-corrected chi connectivity index (χ1v) is 5.88. The molecule has 1 saturated carbocycles. The highest BCUT2D eigenvalue weighted by Crippen LogP contribution is 2.47. The third kappa shape index (κ3) is 2.90. The molecule has 0 aromatic carbocycles. The van der Waals surface area contributed by atoms with Crippen LogP contribution in [0.1, 0.15) is 53.9 Å². The van der Waals surface area contributed by atoms with E-state index in [9.17, 15) is 0 Å². The predicted molar refractivity (Wildman–Crippen MR) is 63.4 cm³/mol. The molecule has 0 bridgehead atoms. The molecule has 0 aromatic rings. The number of rotatable bonds is 1. The fraction of sp³-hybridized carbons (Fsp3) is 1.00. The van der Waals surface area contributed by atoms with Crippen molar-refractivity contribution >= 4 is 12.6 Å². The summed E-state index contributed by atoms with van der Waals surface area (Å²) in [6, 6.07) is 0. The molecule has 0 nitrogen and oxygen atoms in total. The molecule has 0 aromatic heterocycles. The highest BCUT2D eigenvalue weighted by Gasteiger charge is 2.38. The molecule has 0 radical (unpaired) electrons. The zero-order chi connectivity index (χ0) is 10.3. The molecular weight excluding hydrogens is 176 g/mol. The third-order valence-electron chi connectivity index (χ3n) is 3.66. The van der Waals surface area contributed by atoms with Gasteiger partial charge in [0.25, 0.3) is 0 Å². The Kier molecular flexibility index (Phi) is 3.07. The molecule has 0 spiro atoms. The summed E-state index contributed by atoms with van der Waals surface area (Å²) in [5.41, 5.74) is 0.494. The van der Waals surface area contributed by atoms with Crippen LogP contribution in [0.4, 0.5) is 0 Å². The maximum atomic E-state index is 4.69. The molecule has 13 heavy (non-hydrogen) atoms. The lowest BCUT2D eigenvalue weighted by molar-refractivity contribution is 0.234. The summed E-state index contributed by atoms with van der Waals surface area (Å²) in [5.74, 6) is 1.73. The minimum Gasteiger partial charge on any atom is -0.173 e. The molecule has 0 amide bonds. The average molecular weight is 200 g/mol. The molecule has 1 aliphatic carbocycles. The van der Waals surface area contributed by atoms with E-state index in [2.05, 4.69) is 47.2 Å². The quantitative estimate of drug-likeness (QED) is 0.604. The van der Waals surface area contributed by atoms with Crippen molar-refractivity contribution in [1.29, 1.82) is 0 Å². The van der Waals surface area contributed by atoms with Crippen molar-refractivity contribution < 1.29 is 0 Å². The lowest BCUT2D eigenvalue weighted by atomic mass is 9.78. The maximum Gasteiger partial charge on any atom is 0.0101 e. The maximum absolute atomic E-state index is 4.69. The van der Waals surface area contributed by atoms with Crippen molar-refractivity contribution in [2.45, 2.75) is 58.6 Å². The first kappa shape index (κ1) is 11.4. The van der Waals surface area contributed by atoms with Gasteiger partial charge in [0.2, 0.25) is 0 Å². The SMILES string of the molecule is CC(C)(C)C1CCC(C(C)(C)S)C1. The highest BCUT2D eigenvalue weighted by atomic mass is 32.1. The van der Waals surface area contributed by atoms with Crippen molar-refractivity contribution in [3.8, 4) is 0 Å². The van der Waals surface area contributed by atoms with Gasteiger partial charge in [0.1, 0.15) is 0 Å². The summed E-state index contributed by atoms with van der Waals surface area (Å²) < 4.78 is 0.222. The zero-order valence-electron chi connectivity index (χ0n) is 9.72. The van der Waals surface area contributed by atoms with Crippen LogP contribution in [0, 0.1) is 17.3 Å². The Morgan fingerprint density at radius 2 is 1.38 bits per heavy atom. The predicted octanol–water partition coefficient (Wildman–Crippen LogP) is 4.16. The van der Waals surface area contributed by atoms with Gasteiger partial charge in [-0.15, -0.1) is 0 Å². The monoisotopic (exact) mass is 200 g/mol. The van der Waals surface area contributed by atoms with E-state index in [1.807, 2.05) is 0 Å². The molecule has 0 heterocycles. The standard InChI is InChI=1S/C12H24S/c1-11(2,3)9-6-7-10(8-9)12(4,5)13/h9-10,13H,6-8H2,1-5H3. The first-order valence-electron chi connectivity index (χ1n) is 5.43. The van der Waals surface area contributed by atoms with Crippen molar-refractivity contribution in [1.82, 2.24) is 0 Å². The van der Waals surface area contributed by atoms with E-state index in [1.165, 1.54) is 19.3 Å². The second-order valence-electron chi connectivity index (χ2n) is 6.23. The summed E-state index contributed by atoms with van der Waals surface area (Å²) in [5, 5.41) is 0. The van der Waals surface area contributed by atoms with E-state index in [0.717, 1.165) is 11.8 Å². The van der Waals surface area contributed by atoms with E-state index < -0.39 is 0 Å². The number of thiol groups is 1. The molecule has 1 aliphatic rings. The summed E-state index contributed by atoms with van der Waals surface area (Å²) >= 11 is 4.69. The Bertz CT molecular complexity index is 151. The highest BCUT2D eigenvalue weighted by molar-refractivity contribution is 7.81. The van der Waals surface area contributed by atoms with Crippen molar-refractivity contribution in [3.63, 3.8) is 0 Å². The summed E-state index contributed by atoms with van der Waals surface area (Å²) in [6.45, 7) is 11.6. The Labute approximate surface area is 88.9 Å². The Balaban J connectivity index is 2.55. The fourth-order valence-corrected chi connectivity index (χ4v) is 2.64. The largest absolute Gasteiger partial charge is 0.173 e. The van der Waals surface area contributed by atoms with E-state index in [0.29, 0.717) is 5.41 Å². The van der Waals surface area contributed by atoms with Crippen LogP contribution < -0.4 is 0 Å². The van der Waals surface area contributed by atoms with E-state index in [1.54, 1.807) is 0 Å². The molecular formula is C12H24S. The molecule has 0 aliphatic heterocycles. The molecule has 1 heteroatoms.